The summed E-state index contributed by atoms with van der Waals surface area (Å²) in [4.78, 5) is 11.7. The van der Waals surface area contributed by atoms with Crippen LogP contribution in [0.4, 0.5) is 0 Å². The van der Waals surface area contributed by atoms with Crippen LogP contribution in [0.1, 0.15) is 51.4 Å². The van der Waals surface area contributed by atoms with Gasteiger partial charge in [-0.3, -0.25) is 4.79 Å². The van der Waals surface area contributed by atoms with E-state index < -0.39 is 0 Å². The molecule has 1 aliphatic carbocycles. The zero-order valence-corrected chi connectivity index (χ0v) is 11.7. The minimum absolute atomic E-state index is 0.147. The third-order valence-corrected chi connectivity index (χ3v) is 3.46. The Hall–Kier alpha value is -0.610. The van der Waals surface area contributed by atoms with E-state index in [0.29, 0.717) is 12.6 Å². The van der Waals surface area contributed by atoms with Crippen molar-refractivity contribution in [2.45, 2.75) is 57.4 Å². The predicted molar refractivity (Wildman–Crippen MR) is 73.6 cm³/mol. The van der Waals surface area contributed by atoms with Gasteiger partial charge in [-0.15, -0.1) is 0 Å². The van der Waals surface area contributed by atoms with Gasteiger partial charge in [0.15, 0.2) is 0 Å². The summed E-state index contributed by atoms with van der Waals surface area (Å²) in [6.45, 7) is 2.14. The van der Waals surface area contributed by atoms with Crippen LogP contribution in [0.15, 0.2) is 0 Å². The molecule has 18 heavy (non-hydrogen) atoms. The van der Waals surface area contributed by atoms with Crippen LogP contribution in [0, 0.1) is 0 Å². The first kappa shape index (κ1) is 15.4. The molecule has 2 N–H and O–H groups in total. The molecule has 1 amide bonds. The molecular formula is C14H28N2O2. The van der Waals surface area contributed by atoms with E-state index in [-0.39, 0.29) is 5.91 Å². The number of nitrogens with one attached hydrogen (secondary N) is 2. The number of methoxy groups -OCH3 is 1. The number of unbranched alkanes of at least 4 members (excludes halogenated alkanes) is 1. The first-order chi connectivity index (χ1) is 8.83. The molecule has 4 nitrogen and oxygen atoms in total. The van der Waals surface area contributed by atoms with Crippen molar-refractivity contribution in [2.24, 2.45) is 0 Å². The zero-order chi connectivity index (χ0) is 13.1. The summed E-state index contributed by atoms with van der Waals surface area (Å²) >= 11 is 0. The van der Waals surface area contributed by atoms with Crippen molar-refractivity contribution in [3.63, 3.8) is 0 Å². The average Bonchev–Trinajstić information content (AvgIpc) is 2.62. The fourth-order valence-electron chi connectivity index (χ4n) is 2.40. The normalized spacial score (nSPS) is 17.4. The van der Waals surface area contributed by atoms with E-state index in [1.54, 1.807) is 7.11 Å². The molecule has 0 aromatic rings. The van der Waals surface area contributed by atoms with Crippen molar-refractivity contribution >= 4 is 5.91 Å². The Labute approximate surface area is 111 Å². The smallest absolute Gasteiger partial charge is 0.234 e. The molecule has 0 heterocycles. The lowest BCUT2D eigenvalue weighted by molar-refractivity contribution is -0.121. The maximum absolute atomic E-state index is 11.7. The van der Waals surface area contributed by atoms with Gasteiger partial charge in [-0.05, 0) is 32.2 Å². The van der Waals surface area contributed by atoms with Crippen LogP contribution in [0.3, 0.4) is 0 Å². The summed E-state index contributed by atoms with van der Waals surface area (Å²) < 4.78 is 4.97. The molecule has 1 fully saturated rings. The molecule has 0 aromatic heterocycles. The number of hydrogen-bond donors (Lipinski definition) is 2. The number of hydrogen-bond acceptors (Lipinski definition) is 3. The number of ether oxygens (including phenoxy) is 1. The van der Waals surface area contributed by atoms with E-state index in [0.717, 1.165) is 38.8 Å². The lowest BCUT2D eigenvalue weighted by atomic mass is 10.1. The first-order valence-corrected chi connectivity index (χ1v) is 7.32. The number of carbonyl (C=O) groups is 1. The number of carbonyl (C=O) groups excluding carboxylic acids is 1. The molecule has 1 rings (SSSR count). The van der Waals surface area contributed by atoms with Gasteiger partial charge in [0, 0.05) is 19.8 Å². The maximum Gasteiger partial charge on any atom is 0.234 e. The quantitative estimate of drug-likeness (QED) is 0.515. The van der Waals surface area contributed by atoms with Gasteiger partial charge in [0.2, 0.25) is 5.91 Å². The Morgan fingerprint density at radius 3 is 2.56 bits per heavy atom. The van der Waals surface area contributed by atoms with Gasteiger partial charge in [-0.25, -0.2) is 0 Å². The molecule has 0 unspecified atom stereocenters. The molecule has 1 aliphatic rings. The van der Waals surface area contributed by atoms with Crippen molar-refractivity contribution in [1.29, 1.82) is 0 Å². The minimum atomic E-state index is 0.147. The number of amides is 1. The summed E-state index contributed by atoms with van der Waals surface area (Å²) in [7, 11) is 1.72. The molecule has 0 aromatic carbocycles. The zero-order valence-electron chi connectivity index (χ0n) is 11.7. The Morgan fingerprint density at radius 1 is 1.17 bits per heavy atom. The van der Waals surface area contributed by atoms with Crippen LogP contribution >= 0.6 is 0 Å². The second-order valence-electron chi connectivity index (χ2n) is 5.13. The lowest BCUT2D eigenvalue weighted by Crippen LogP contribution is -2.40. The molecule has 0 saturated heterocycles. The van der Waals surface area contributed by atoms with Crippen LogP contribution in [-0.4, -0.2) is 38.8 Å². The molecule has 0 spiro atoms. The molecular weight excluding hydrogens is 228 g/mol. The second-order valence-corrected chi connectivity index (χ2v) is 5.13. The van der Waals surface area contributed by atoms with Gasteiger partial charge in [-0.1, -0.05) is 25.7 Å². The van der Waals surface area contributed by atoms with Gasteiger partial charge in [0.05, 0.1) is 6.54 Å². The molecule has 0 radical (unpaired) electrons. The fraction of sp³-hybridized carbons (Fsp3) is 0.929. The van der Waals surface area contributed by atoms with Gasteiger partial charge in [-0.2, -0.15) is 0 Å². The summed E-state index contributed by atoms with van der Waals surface area (Å²) in [6, 6.07) is 0.412. The van der Waals surface area contributed by atoms with Crippen LogP contribution < -0.4 is 10.6 Å². The van der Waals surface area contributed by atoms with Gasteiger partial charge in [0.25, 0.3) is 0 Å². The lowest BCUT2D eigenvalue weighted by Gasteiger charge is -2.16. The summed E-state index contributed by atoms with van der Waals surface area (Å²) in [5, 5.41) is 6.32. The van der Waals surface area contributed by atoms with Crippen LogP contribution in [0.5, 0.6) is 0 Å². The molecule has 4 heteroatoms. The SMILES string of the molecule is COCCCCNCC(=O)NC1CCCCCC1. The summed E-state index contributed by atoms with van der Waals surface area (Å²) in [5.41, 5.74) is 0. The maximum atomic E-state index is 11.7. The van der Waals surface area contributed by atoms with Crippen LogP contribution in [0.2, 0.25) is 0 Å². The Kier molecular flexibility index (Phi) is 8.86. The molecule has 0 atom stereocenters. The Balaban J connectivity index is 1.98. The van der Waals surface area contributed by atoms with E-state index in [9.17, 15) is 4.79 Å². The number of rotatable bonds is 8. The van der Waals surface area contributed by atoms with E-state index in [1.165, 1.54) is 25.7 Å². The van der Waals surface area contributed by atoms with Crippen molar-refractivity contribution in [1.82, 2.24) is 10.6 Å². The van der Waals surface area contributed by atoms with Gasteiger partial charge in [0.1, 0.15) is 0 Å². The van der Waals surface area contributed by atoms with E-state index >= 15 is 0 Å². The molecule has 0 bridgehead atoms. The fourth-order valence-corrected chi connectivity index (χ4v) is 2.40. The largest absolute Gasteiger partial charge is 0.385 e. The van der Waals surface area contributed by atoms with Crippen molar-refractivity contribution < 1.29 is 9.53 Å². The van der Waals surface area contributed by atoms with E-state index in [2.05, 4.69) is 10.6 Å². The van der Waals surface area contributed by atoms with E-state index in [4.69, 9.17) is 4.74 Å². The van der Waals surface area contributed by atoms with Gasteiger partial charge < -0.3 is 15.4 Å². The Morgan fingerprint density at radius 2 is 1.89 bits per heavy atom. The van der Waals surface area contributed by atoms with Gasteiger partial charge >= 0.3 is 0 Å². The standard InChI is InChI=1S/C14H28N2O2/c1-18-11-7-6-10-15-12-14(17)16-13-8-4-2-3-5-9-13/h13,15H,2-12H2,1H3,(H,16,17). The van der Waals surface area contributed by atoms with Crippen LogP contribution in [0.25, 0.3) is 0 Å². The summed E-state index contributed by atoms with van der Waals surface area (Å²) in [6.07, 6.45) is 9.58. The highest BCUT2D eigenvalue weighted by Crippen LogP contribution is 2.16. The molecule has 106 valence electrons. The highest BCUT2D eigenvalue weighted by molar-refractivity contribution is 5.78. The molecule has 1 saturated carbocycles. The third kappa shape index (κ3) is 7.67. The highest BCUT2D eigenvalue weighted by Gasteiger charge is 2.13. The molecule has 0 aliphatic heterocycles. The predicted octanol–water partition coefficient (Wildman–Crippen LogP) is 1.84. The van der Waals surface area contributed by atoms with Crippen molar-refractivity contribution in [3.05, 3.63) is 0 Å². The first-order valence-electron chi connectivity index (χ1n) is 7.32. The van der Waals surface area contributed by atoms with E-state index in [1.807, 2.05) is 0 Å². The monoisotopic (exact) mass is 256 g/mol. The highest BCUT2D eigenvalue weighted by atomic mass is 16.5. The Bertz CT molecular complexity index is 214. The van der Waals surface area contributed by atoms with Crippen molar-refractivity contribution in [3.8, 4) is 0 Å². The third-order valence-electron chi connectivity index (χ3n) is 3.46. The van der Waals surface area contributed by atoms with Crippen molar-refractivity contribution in [2.75, 3.05) is 26.8 Å². The topological polar surface area (TPSA) is 50.4 Å². The summed E-state index contributed by atoms with van der Waals surface area (Å²) in [5.74, 6) is 0.147. The van der Waals surface area contributed by atoms with Crippen LogP contribution in [-0.2, 0) is 9.53 Å². The second kappa shape index (κ2) is 10.3. The minimum Gasteiger partial charge on any atom is -0.385 e. The average molecular weight is 256 g/mol.